The molecule has 0 radical (unpaired) electrons. The number of rotatable bonds is 4. The van der Waals surface area contributed by atoms with Crippen LogP contribution in [0.4, 0.5) is 8.78 Å². The fourth-order valence-corrected chi connectivity index (χ4v) is 4.25. The minimum absolute atomic E-state index is 0.0533. The average molecular weight is 320 g/mol. The van der Waals surface area contributed by atoms with Gasteiger partial charge in [-0.2, -0.15) is 4.31 Å². The van der Waals surface area contributed by atoms with Gasteiger partial charge in [-0.05, 0) is 28.1 Å². The normalized spacial score (nSPS) is 12.7. The van der Waals surface area contributed by atoms with Crippen LogP contribution in [-0.2, 0) is 10.0 Å². The molecule has 1 aromatic heterocycles. The SMILES string of the molecule is CN(CC(F)F)S(=O)(=O)c1ccc(Br)s1. The highest BCUT2D eigenvalue weighted by molar-refractivity contribution is 9.11. The number of alkyl halides is 2. The zero-order valence-corrected chi connectivity index (χ0v) is 10.9. The van der Waals surface area contributed by atoms with Crippen LogP contribution in [0.2, 0.25) is 0 Å². The smallest absolute Gasteiger partial charge is 0.209 e. The Kier molecular flexibility index (Phi) is 4.21. The number of hydrogen-bond donors (Lipinski definition) is 0. The van der Waals surface area contributed by atoms with Gasteiger partial charge in [0.05, 0.1) is 10.3 Å². The highest BCUT2D eigenvalue weighted by atomic mass is 79.9. The third-order valence-corrected chi connectivity index (χ3v) is 5.52. The lowest BCUT2D eigenvalue weighted by molar-refractivity contribution is 0.126. The van der Waals surface area contributed by atoms with Crippen molar-refractivity contribution in [1.29, 1.82) is 0 Å². The van der Waals surface area contributed by atoms with Crippen LogP contribution < -0.4 is 0 Å². The Bertz CT molecular complexity index is 432. The molecule has 1 aromatic rings. The molecule has 0 aromatic carbocycles. The van der Waals surface area contributed by atoms with E-state index in [0.29, 0.717) is 8.09 Å². The van der Waals surface area contributed by atoms with Crippen LogP contribution in [0.1, 0.15) is 0 Å². The monoisotopic (exact) mass is 319 g/mol. The third-order valence-electron chi connectivity index (χ3n) is 1.61. The van der Waals surface area contributed by atoms with Crippen LogP contribution in [0, 0.1) is 0 Å². The van der Waals surface area contributed by atoms with Crippen LogP contribution >= 0.6 is 27.3 Å². The molecule has 0 spiro atoms. The van der Waals surface area contributed by atoms with E-state index < -0.39 is 23.0 Å². The molecule has 8 heteroatoms. The molecule has 0 fully saturated rings. The van der Waals surface area contributed by atoms with E-state index in [2.05, 4.69) is 15.9 Å². The maximum atomic E-state index is 12.0. The molecule has 0 unspecified atom stereocenters. The Hall–Kier alpha value is -0.0500. The molecule has 3 nitrogen and oxygen atoms in total. The van der Waals surface area contributed by atoms with Gasteiger partial charge < -0.3 is 0 Å². The van der Waals surface area contributed by atoms with E-state index in [1.165, 1.54) is 6.07 Å². The Balaban J connectivity index is 2.93. The Morgan fingerprint density at radius 1 is 1.53 bits per heavy atom. The van der Waals surface area contributed by atoms with E-state index in [9.17, 15) is 17.2 Å². The van der Waals surface area contributed by atoms with Gasteiger partial charge in [0.25, 0.3) is 16.4 Å². The number of thiophene rings is 1. The average Bonchev–Trinajstić information content (AvgIpc) is 2.50. The van der Waals surface area contributed by atoms with Crippen molar-refractivity contribution in [3.63, 3.8) is 0 Å². The van der Waals surface area contributed by atoms with Gasteiger partial charge in [0, 0.05) is 7.05 Å². The fourth-order valence-electron chi connectivity index (χ4n) is 0.882. The molecule has 1 rings (SSSR count). The molecule has 0 N–H and O–H groups in total. The molecule has 0 atom stereocenters. The molecule has 0 aliphatic rings. The number of sulfonamides is 1. The summed E-state index contributed by atoms with van der Waals surface area (Å²) in [5.74, 6) is 0. The van der Waals surface area contributed by atoms with Gasteiger partial charge in [-0.1, -0.05) is 0 Å². The lowest BCUT2D eigenvalue weighted by atomic mass is 10.7. The van der Waals surface area contributed by atoms with E-state index in [1.54, 1.807) is 6.07 Å². The lowest BCUT2D eigenvalue weighted by Gasteiger charge is -2.14. The van der Waals surface area contributed by atoms with Gasteiger partial charge in [0.15, 0.2) is 0 Å². The largest absolute Gasteiger partial charge is 0.252 e. The second-order valence-electron chi connectivity index (χ2n) is 2.74. The number of hydrogen-bond acceptors (Lipinski definition) is 3. The maximum absolute atomic E-state index is 12.0. The van der Waals surface area contributed by atoms with Crippen molar-refractivity contribution >= 4 is 37.3 Å². The van der Waals surface area contributed by atoms with Crippen molar-refractivity contribution in [2.24, 2.45) is 0 Å². The summed E-state index contributed by atoms with van der Waals surface area (Å²) in [7, 11) is -2.64. The van der Waals surface area contributed by atoms with Gasteiger partial charge in [-0.25, -0.2) is 17.2 Å². The molecule has 0 aliphatic heterocycles. The third kappa shape index (κ3) is 3.20. The molecule has 86 valence electrons. The van der Waals surface area contributed by atoms with Gasteiger partial charge in [-0.3, -0.25) is 0 Å². The highest BCUT2D eigenvalue weighted by Crippen LogP contribution is 2.28. The summed E-state index contributed by atoms with van der Waals surface area (Å²) < 4.78 is 48.7. The van der Waals surface area contributed by atoms with Gasteiger partial charge in [0.2, 0.25) is 0 Å². The van der Waals surface area contributed by atoms with Gasteiger partial charge >= 0.3 is 0 Å². The van der Waals surface area contributed by atoms with E-state index in [-0.39, 0.29) is 4.21 Å². The Morgan fingerprint density at radius 3 is 2.53 bits per heavy atom. The maximum Gasteiger partial charge on any atom is 0.252 e. The van der Waals surface area contributed by atoms with Crippen molar-refractivity contribution in [3.05, 3.63) is 15.9 Å². The molecule has 0 aliphatic carbocycles. The molecular formula is C7H8BrF2NO2S2. The van der Waals surface area contributed by atoms with Crippen LogP contribution in [0.25, 0.3) is 0 Å². The zero-order valence-electron chi connectivity index (χ0n) is 7.65. The second-order valence-corrected chi connectivity index (χ2v) is 7.47. The zero-order chi connectivity index (χ0) is 11.6. The summed E-state index contributed by atoms with van der Waals surface area (Å²) in [6.45, 7) is -0.794. The van der Waals surface area contributed by atoms with Crippen LogP contribution in [-0.4, -0.2) is 32.7 Å². The van der Waals surface area contributed by atoms with E-state index in [4.69, 9.17) is 0 Å². The summed E-state index contributed by atoms with van der Waals surface area (Å²) in [6, 6.07) is 2.94. The van der Waals surface area contributed by atoms with Crippen LogP contribution in [0.5, 0.6) is 0 Å². The summed E-state index contributed by atoms with van der Waals surface area (Å²) in [4.78, 5) is 0. The first kappa shape index (κ1) is 13.0. The van der Waals surface area contributed by atoms with E-state index in [1.807, 2.05) is 0 Å². The summed E-state index contributed by atoms with van der Waals surface area (Å²) in [5.41, 5.74) is 0. The molecule has 0 amide bonds. The predicted octanol–water partition coefficient (Wildman–Crippen LogP) is 2.40. The van der Waals surface area contributed by atoms with Crippen LogP contribution in [0.15, 0.2) is 20.1 Å². The van der Waals surface area contributed by atoms with Crippen molar-refractivity contribution in [2.75, 3.05) is 13.6 Å². The number of nitrogens with zero attached hydrogens (tertiary/aromatic N) is 1. The Morgan fingerprint density at radius 2 is 2.13 bits per heavy atom. The molecule has 1 heterocycles. The number of halogens is 3. The van der Waals surface area contributed by atoms with Crippen molar-refractivity contribution < 1.29 is 17.2 Å². The highest BCUT2D eigenvalue weighted by Gasteiger charge is 2.24. The predicted molar refractivity (Wildman–Crippen MR) is 57.8 cm³/mol. The molecule has 0 bridgehead atoms. The van der Waals surface area contributed by atoms with Crippen molar-refractivity contribution in [3.8, 4) is 0 Å². The lowest BCUT2D eigenvalue weighted by Crippen LogP contribution is -2.30. The Labute approximate surface area is 98.9 Å². The summed E-state index contributed by atoms with van der Waals surface area (Å²) >= 11 is 4.10. The van der Waals surface area contributed by atoms with Crippen LogP contribution in [0.3, 0.4) is 0 Å². The first-order chi connectivity index (χ1) is 6.84. The standard InChI is InChI=1S/C7H8BrF2NO2S2/c1-11(4-6(9)10)15(12,13)7-3-2-5(8)14-7/h2-3,6H,4H2,1H3. The summed E-state index contributed by atoms with van der Waals surface area (Å²) in [5, 5.41) is 0. The van der Waals surface area contributed by atoms with E-state index in [0.717, 1.165) is 18.4 Å². The minimum atomic E-state index is -3.77. The molecular weight excluding hydrogens is 312 g/mol. The molecule has 15 heavy (non-hydrogen) atoms. The quantitative estimate of drug-likeness (QED) is 0.854. The first-order valence-corrected chi connectivity index (χ1v) is 6.89. The molecule has 0 saturated heterocycles. The minimum Gasteiger partial charge on any atom is -0.209 e. The second kappa shape index (κ2) is 4.86. The molecule has 0 saturated carbocycles. The topological polar surface area (TPSA) is 37.4 Å². The van der Waals surface area contributed by atoms with Gasteiger partial charge in [-0.15, -0.1) is 11.3 Å². The van der Waals surface area contributed by atoms with Crippen molar-refractivity contribution in [2.45, 2.75) is 10.6 Å². The fraction of sp³-hybridized carbons (Fsp3) is 0.429. The van der Waals surface area contributed by atoms with E-state index >= 15 is 0 Å². The van der Waals surface area contributed by atoms with Crippen molar-refractivity contribution in [1.82, 2.24) is 4.31 Å². The summed E-state index contributed by atoms with van der Waals surface area (Å²) in [6.07, 6.45) is -2.67. The first-order valence-electron chi connectivity index (χ1n) is 3.84. The van der Waals surface area contributed by atoms with Gasteiger partial charge in [0.1, 0.15) is 4.21 Å².